The predicted octanol–water partition coefficient (Wildman–Crippen LogP) is 1.86. The van der Waals surface area contributed by atoms with Crippen LogP contribution in [0.25, 0.3) is 0 Å². The fourth-order valence-corrected chi connectivity index (χ4v) is 1.72. The third-order valence-electron chi connectivity index (χ3n) is 2.82. The summed E-state index contributed by atoms with van der Waals surface area (Å²) in [6.07, 6.45) is 0.206. The second-order valence-corrected chi connectivity index (χ2v) is 4.41. The molecule has 20 heavy (non-hydrogen) atoms. The Morgan fingerprint density at radius 2 is 1.85 bits per heavy atom. The summed E-state index contributed by atoms with van der Waals surface area (Å²) in [5, 5.41) is 0. The Morgan fingerprint density at radius 1 is 1.20 bits per heavy atom. The van der Waals surface area contributed by atoms with E-state index in [0.717, 1.165) is 5.56 Å². The van der Waals surface area contributed by atoms with Gasteiger partial charge < -0.3 is 14.4 Å². The summed E-state index contributed by atoms with van der Waals surface area (Å²) < 4.78 is 9.85. The lowest BCUT2D eigenvalue weighted by Gasteiger charge is -2.16. The molecule has 5 nitrogen and oxygen atoms in total. The Hall–Kier alpha value is -1.88. The molecule has 5 heteroatoms. The van der Waals surface area contributed by atoms with Crippen LogP contribution in [-0.2, 0) is 20.9 Å². The molecule has 0 N–H and O–H groups in total. The minimum Gasteiger partial charge on any atom is -0.466 e. The van der Waals surface area contributed by atoms with Gasteiger partial charge in [-0.3, -0.25) is 9.59 Å². The van der Waals surface area contributed by atoms with Crippen molar-refractivity contribution in [3.63, 3.8) is 0 Å². The van der Waals surface area contributed by atoms with Gasteiger partial charge in [-0.25, -0.2) is 0 Å². The van der Waals surface area contributed by atoms with Crippen molar-refractivity contribution in [2.45, 2.75) is 20.0 Å². The van der Waals surface area contributed by atoms with Gasteiger partial charge in [-0.1, -0.05) is 12.1 Å². The van der Waals surface area contributed by atoms with Crippen molar-refractivity contribution >= 4 is 11.9 Å². The maximum atomic E-state index is 12.1. The van der Waals surface area contributed by atoms with Crippen molar-refractivity contribution in [1.82, 2.24) is 4.90 Å². The molecule has 0 aromatic heterocycles. The Kier molecular flexibility index (Phi) is 6.73. The van der Waals surface area contributed by atoms with E-state index in [2.05, 4.69) is 0 Å². The van der Waals surface area contributed by atoms with Crippen LogP contribution >= 0.6 is 0 Å². The van der Waals surface area contributed by atoms with Crippen LogP contribution in [0.2, 0.25) is 0 Å². The fourth-order valence-electron chi connectivity index (χ4n) is 1.72. The van der Waals surface area contributed by atoms with E-state index < -0.39 is 0 Å². The van der Waals surface area contributed by atoms with E-state index in [4.69, 9.17) is 9.47 Å². The van der Waals surface area contributed by atoms with Gasteiger partial charge in [-0.05, 0) is 24.6 Å². The van der Waals surface area contributed by atoms with Crippen molar-refractivity contribution in [2.75, 3.05) is 27.3 Å². The van der Waals surface area contributed by atoms with E-state index in [0.29, 0.717) is 25.3 Å². The third kappa shape index (κ3) is 5.01. The van der Waals surface area contributed by atoms with Crippen molar-refractivity contribution < 1.29 is 19.1 Å². The highest BCUT2D eigenvalue weighted by molar-refractivity contribution is 5.94. The molecule has 0 saturated carbocycles. The quantitative estimate of drug-likeness (QED) is 0.715. The van der Waals surface area contributed by atoms with E-state index in [-0.39, 0.29) is 18.3 Å². The molecule has 0 aliphatic rings. The number of hydrogen-bond donors (Lipinski definition) is 0. The molecule has 110 valence electrons. The molecule has 0 fully saturated rings. The summed E-state index contributed by atoms with van der Waals surface area (Å²) in [6, 6.07) is 7.24. The van der Waals surface area contributed by atoms with E-state index in [1.165, 1.54) is 4.90 Å². The van der Waals surface area contributed by atoms with Crippen LogP contribution in [0.1, 0.15) is 29.3 Å². The number of carbonyl (C=O) groups is 2. The second kappa shape index (κ2) is 8.32. The summed E-state index contributed by atoms with van der Waals surface area (Å²) in [5.74, 6) is -0.402. The summed E-state index contributed by atoms with van der Waals surface area (Å²) in [5.41, 5.74) is 1.61. The van der Waals surface area contributed by atoms with Gasteiger partial charge in [0, 0.05) is 26.3 Å². The normalized spacial score (nSPS) is 10.2. The van der Waals surface area contributed by atoms with E-state index in [9.17, 15) is 9.59 Å². The standard InChI is InChI=1S/C15H21NO4/c1-4-20-14(17)9-10-16(2)15(18)13-7-5-12(6-8-13)11-19-3/h5-8H,4,9-11H2,1-3H3. The first kappa shape index (κ1) is 16.2. The Morgan fingerprint density at radius 3 is 2.40 bits per heavy atom. The summed E-state index contributed by atoms with van der Waals surface area (Å²) >= 11 is 0. The lowest BCUT2D eigenvalue weighted by Crippen LogP contribution is -2.29. The average Bonchev–Trinajstić information content (AvgIpc) is 2.45. The maximum Gasteiger partial charge on any atom is 0.307 e. The fraction of sp³-hybridized carbons (Fsp3) is 0.467. The zero-order valence-electron chi connectivity index (χ0n) is 12.2. The molecule has 0 radical (unpaired) electrons. The topological polar surface area (TPSA) is 55.8 Å². The third-order valence-corrected chi connectivity index (χ3v) is 2.82. The summed E-state index contributed by atoms with van der Waals surface area (Å²) in [7, 11) is 3.30. The summed E-state index contributed by atoms with van der Waals surface area (Å²) in [4.78, 5) is 24.9. The Balaban J connectivity index is 2.53. The molecule has 1 amide bonds. The molecular formula is C15H21NO4. The number of ether oxygens (including phenoxy) is 2. The van der Waals surface area contributed by atoms with Gasteiger partial charge in [-0.2, -0.15) is 0 Å². The zero-order chi connectivity index (χ0) is 15.0. The largest absolute Gasteiger partial charge is 0.466 e. The summed E-state index contributed by atoms with van der Waals surface area (Å²) in [6.45, 7) is 2.98. The van der Waals surface area contributed by atoms with Gasteiger partial charge in [0.25, 0.3) is 5.91 Å². The molecule has 1 aromatic rings. The van der Waals surface area contributed by atoms with Crippen molar-refractivity contribution in [1.29, 1.82) is 0 Å². The highest BCUT2D eigenvalue weighted by Crippen LogP contribution is 2.08. The number of carbonyl (C=O) groups excluding carboxylic acids is 2. The van der Waals surface area contributed by atoms with Crippen molar-refractivity contribution in [2.24, 2.45) is 0 Å². The number of benzene rings is 1. The van der Waals surface area contributed by atoms with E-state index in [1.54, 1.807) is 33.2 Å². The zero-order valence-corrected chi connectivity index (χ0v) is 12.2. The Labute approximate surface area is 119 Å². The lowest BCUT2D eigenvalue weighted by molar-refractivity contribution is -0.143. The van der Waals surface area contributed by atoms with Crippen LogP contribution in [0.15, 0.2) is 24.3 Å². The molecule has 0 aliphatic heterocycles. The number of methoxy groups -OCH3 is 1. The Bertz CT molecular complexity index is 442. The van der Waals surface area contributed by atoms with Crippen LogP contribution in [0.3, 0.4) is 0 Å². The number of hydrogen-bond acceptors (Lipinski definition) is 4. The van der Waals surface area contributed by atoms with Crippen LogP contribution in [-0.4, -0.2) is 44.1 Å². The molecule has 1 aromatic carbocycles. The minimum absolute atomic E-state index is 0.113. The molecule has 0 bridgehead atoms. The van der Waals surface area contributed by atoms with Crippen LogP contribution < -0.4 is 0 Å². The van der Waals surface area contributed by atoms with Crippen LogP contribution in [0, 0.1) is 0 Å². The number of rotatable bonds is 7. The number of nitrogens with zero attached hydrogens (tertiary/aromatic N) is 1. The molecule has 0 atom stereocenters. The molecule has 0 spiro atoms. The van der Waals surface area contributed by atoms with Crippen LogP contribution in [0.4, 0.5) is 0 Å². The smallest absolute Gasteiger partial charge is 0.307 e. The predicted molar refractivity (Wildman–Crippen MR) is 75.4 cm³/mol. The lowest BCUT2D eigenvalue weighted by atomic mass is 10.1. The molecule has 0 aliphatic carbocycles. The average molecular weight is 279 g/mol. The van der Waals surface area contributed by atoms with Crippen LogP contribution in [0.5, 0.6) is 0 Å². The minimum atomic E-state index is -0.289. The van der Waals surface area contributed by atoms with E-state index >= 15 is 0 Å². The van der Waals surface area contributed by atoms with Crippen molar-refractivity contribution in [3.05, 3.63) is 35.4 Å². The van der Waals surface area contributed by atoms with Crippen molar-refractivity contribution in [3.8, 4) is 0 Å². The molecule has 0 unspecified atom stereocenters. The molecular weight excluding hydrogens is 258 g/mol. The van der Waals surface area contributed by atoms with Gasteiger partial charge in [-0.15, -0.1) is 0 Å². The first-order valence-corrected chi connectivity index (χ1v) is 6.57. The maximum absolute atomic E-state index is 12.1. The van der Waals surface area contributed by atoms with E-state index in [1.807, 2.05) is 12.1 Å². The van der Waals surface area contributed by atoms with Gasteiger partial charge >= 0.3 is 5.97 Å². The van der Waals surface area contributed by atoms with Gasteiger partial charge in [0.1, 0.15) is 0 Å². The highest BCUT2D eigenvalue weighted by Gasteiger charge is 2.13. The molecule has 0 saturated heterocycles. The molecule has 0 heterocycles. The second-order valence-electron chi connectivity index (χ2n) is 4.41. The first-order chi connectivity index (χ1) is 9.58. The van der Waals surface area contributed by atoms with Gasteiger partial charge in [0.05, 0.1) is 19.6 Å². The highest BCUT2D eigenvalue weighted by atomic mass is 16.5. The van der Waals surface area contributed by atoms with Gasteiger partial charge in [0.2, 0.25) is 0 Å². The number of esters is 1. The first-order valence-electron chi connectivity index (χ1n) is 6.57. The number of amides is 1. The molecule has 1 rings (SSSR count). The monoisotopic (exact) mass is 279 g/mol. The SMILES string of the molecule is CCOC(=O)CCN(C)C(=O)c1ccc(COC)cc1. The van der Waals surface area contributed by atoms with Gasteiger partial charge in [0.15, 0.2) is 0 Å².